The second-order valence-electron chi connectivity index (χ2n) is 7.74. The quantitative estimate of drug-likeness (QED) is 0.358. The van der Waals surface area contributed by atoms with Crippen LogP contribution in [0.3, 0.4) is 0 Å². The molecular weight excluding hydrogens is 478 g/mol. The Labute approximate surface area is 212 Å². The second kappa shape index (κ2) is 11.1. The average molecular weight is 501 g/mol. The number of hydrogen-bond donors (Lipinski definition) is 2. The van der Waals surface area contributed by atoms with Crippen molar-refractivity contribution < 1.29 is 33.4 Å². The monoisotopic (exact) mass is 501 g/mol. The molecule has 5 amide bonds. The van der Waals surface area contributed by atoms with E-state index in [1.807, 2.05) is 0 Å². The lowest BCUT2D eigenvalue weighted by Crippen LogP contribution is -2.54. The minimum Gasteiger partial charge on any atom is -0.495 e. The topological polar surface area (TPSA) is 123 Å². The van der Waals surface area contributed by atoms with Crippen molar-refractivity contribution in [2.75, 3.05) is 31.0 Å². The number of nitrogens with zero attached hydrogens (tertiary/aromatic N) is 1. The van der Waals surface area contributed by atoms with Gasteiger partial charge in [0.25, 0.3) is 17.7 Å². The molecule has 1 heterocycles. The van der Waals surface area contributed by atoms with Gasteiger partial charge in [-0.15, -0.1) is 0 Å². The number of anilines is 2. The third-order valence-corrected chi connectivity index (χ3v) is 5.35. The van der Waals surface area contributed by atoms with Gasteiger partial charge in [-0.3, -0.25) is 19.7 Å². The van der Waals surface area contributed by atoms with E-state index in [-0.39, 0.29) is 23.7 Å². The molecule has 37 heavy (non-hydrogen) atoms. The lowest BCUT2D eigenvalue weighted by atomic mass is 10.1. The first-order chi connectivity index (χ1) is 17.9. The normalized spacial score (nSPS) is 14.3. The first-order valence-corrected chi connectivity index (χ1v) is 11.1. The Morgan fingerprint density at radius 2 is 1.59 bits per heavy atom. The number of benzene rings is 3. The summed E-state index contributed by atoms with van der Waals surface area (Å²) in [7, 11) is 2.92. The van der Waals surface area contributed by atoms with Gasteiger partial charge in [-0.2, -0.15) is 0 Å². The van der Waals surface area contributed by atoms with Crippen LogP contribution in [0.25, 0.3) is 6.08 Å². The maximum Gasteiger partial charge on any atom is 0.335 e. The molecule has 0 spiro atoms. The average Bonchev–Trinajstić information content (AvgIpc) is 2.91. The van der Waals surface area contributed by atoms with Gasteiger partial charge in [0, 0.05) is 0 Å². The highest BCUT2D eigenvalue weighted by Crippen LogP contribution is 2.30. The summed E-state index contributed by atoms with van der Waals surface area (Å²) < 4.78 is 16.2. The van der Waals surface area contributed by atoms with Crippen LogP contribution >= 0.6 is 0 Å². The molecule has 3 aromatic carbocycles. The fourth-order valence-electron chi connectivity index (χ4n) is 3.61. The summed E-state index contributed by atoms with van der Waals surface area (Å²) in [5.74, 6) is -0.909. The molecule has 0 aliphatic carbocycles. The molecule has 0 bridgehead atoms. The van der Waals surface area contributed by atoms with E-state index in [4.69, 9.17) is 14.2 Å². The molecule has 0 unspecified atom stereocenters. The van der Waals surface area contributed by atoms with Gasteiger partial charge in [0.15, 0.2) is 18.1 Å². The van der Waals surface area contributed by atoms with Gasteiger partial charge in [-0.05, 0) is 48.0 Å². The molecule has 3 aromatic rings. The number of hydrogen-bond acceptors (Lipinski definition) is 7. The fraction of sp³-hybridized carbons (Fsp3) is 0.111. The predicted octanol–water partition coefficient (Wildman–Crippen LogP) is 3.39. The zero-order valence-electron chi connectivity index (χ0n) is 20.0. The van der Waals surface area contributed by atoms with Crippen molar-refractivity contribution in [3.8, 4) is 17.2 Å². The number of barbiturate groups is 1. The number of amides is 5. The number of ether oxygens (including phenoxy) is 3. The Balaban J connectivity index is 1.50. The van der Waals surface area contributed by atoms with Gasteiger partial charge in [0.2, 0.25) is 0 Å². The van der Waals surface area contributed by atoms with Gasteiger partial charge in [-0.1, -0.05) is 36.4 Å². The highest BCUT2D eigenvalue weighted by atomic mass is 16.5. The maximum atomic E-state index is 13.0. The van der Waals surface area contributed by atoms with E-state index in [0.29, 0.717) is 22.7 Å². The Kier molecular flexibility index (Phi) is 7.48. The molecular formula is C27H23N3O7. The molecule has 188 valence electrons. The summed E-state index contributed by atoms with van der Waals surface area (Å²) in [5.41, 5.74) is 1.06. The maximum absolute atomic E-state index is 13.0. The summed E-state index contributed by atoms with van der Waals surface area (Å²) in [6.07, 6.45) is 1.35. The molecule has 10 heteroatoms. The molecule has 4 rings (SSSR count). The van der Waals surface area contributed by atoms with Crippen LogP contribution in [0.15, 0.2) is 78.4 Å². The standard InChI is InChI=1S/C27H23N3O7/c1-35-21-11-7-6-10-20(21)28-24(31)16-37-22-13-12-17(15-23(22)36-2)14-19-25(32)29-27(34)30(26(19)33)18-8-4-3-5-9-18/h3-15H,16H2,1-2H3,(H,28,31)(H,29,32,34)/b19-14-. The fourth-order valence-corrected chi connectivity index (χ4v) is 3.61. The third kappa shape index (κ3) is 5.59. The summed E-state index contributed by atoms with van der Waals surface area (Å²) in [5, 5.41) is 4.89. The number of rotatable bonds is 8. The number of urea groups is 1. The van der Waals surface area contributed by atoms with Crippen molar-refractivity contribution in [3.05, 3.63) is 83.9 Å². The van der Waals surface area contributed by atoms with Crippen LogP contribution in [0, 0.1) is 0 Å². The smallest absolute Gasteiger partial charge is 0.335 e. The number of imide groups is 2. The zero-order chi connectivity index (χ0) is 26.4. The third-order valence-electron chi connectivity index (χ3n) is 5.35. The lowest BCUT2D eigenvalue weighted by molar-refractivity contribution is -0.122. The largest absolute Gasteiger partial charge is 0.495 e. The predicted molar refractivity (Wildman–Crippen MR) is 136 cm³/mol. The minimum absolute atomic E-state index is 0.227. The van der Waals surface area contributed by atoms with Gasteiger partial charge >= 0.3 is 6.03 Å². The van der Waals surface area contributed by atoms with Crippen LogP contribution in [-0.2, 0) is 14.4 Å². The molecule has 0 aromatic heterocycles. The van der Waals surface area contributed by atoms with E-state index in [0.717, 1.165) is 4.90 Å². The highest BCUT2D eigenvalue weighted by molar-refractivity contribution is 6.39. The Hall–Kier alpha value is -5.12. The van der Waals surface area contributed by atoms with Crippen LogP contribution < -0.4 is 29.7 Å². The first-order valence-electron chi connectivity index (χ1n) is 11.1. The van der Waals surface area contributed by atoms with E-state index in [1.54, 1.807) is 72.8 Å². The van der Waals surface area contributed by atoms with Gasteiger partial charge in [0.1, 0.15) is 11.3 Å². The van der Waals surface area contributed by atoms with Crippen LogP contribution in [0.2, 0.25) is 0 Å². The number of carbonyl (C=O) groups excluding carboxylic acids is 4. The van der Waals surface area contributed by atoms with E-state index in [1.165, 1.54) is 20.3 Å². The Morgan fingerprint density at radius 1 is 0.892 bits per heavy atom. The summed E-state index contributed by atoms with van der Waals surface area (Å²) in [4.78, 5) is 51.0. The van der Waals surface area contributed by atoms with Crippen molar-refractivity contribution in [1.29, 1.82) is 0 Å². The van der Waals surface area contributed by atoms with E-state index < -0.39 is 23.8 Å². The van der Waals surface area contributed by atoms with Gasteiger partial charge < -0.3 is 19.5 Å². The van der Waals surface area contributed by atoms with Crippen molar-refractivity contribution >= 4 is 41.2 Å². The van der Waals surface area contributed by atoms with Crippen molar-refractivity contribution in [2.24, 2.45) is 0 Å². The molecule has 1 aliphatic heterocycles. The van der Waals surface area contributed by atoms with Gasteiger partial charge in [0.05, 0.1) is 25.6 Å². The number of carbonyl (C=O) groups is 4. The number of methoxy groups -OCH3 is 2. The molecule has 0 radical (unpaired) electrons. The molecule has 10 nitrogen and oxygen atoms in total. The molecule has 0 saturated carbocycles. The second-order valence-corrected chi connectivity index (χ2v) is 7.74. The molecule has 1 aliphatic rings. The van der Waals surface area contributed by atoms with Crippen LogP contribution in [0.1, 0.15) is 5.56 Å². The van der Waals surface area contributed by atoms with Crippen molar-refractivity contribution in [3.63, 3.8) is 0 Å². The number of para-hydroxylation sites is 3. The lowest BCUT2D eigenvalue weighted by Gasteiger charge is -2.26. The first kappa shape index (κ1) is 25.0. The van der Waals surface area contributed by atoms with E-state index in [9.17, 15) is 19.2 Å². The summed E-state index contributed by atoms with van der Waals surface area (Å²) in [6, 6.07) is 19.1. The zero-order valence-corrected chi connectivity index (χ0v) is 20.0. The van der Waals surface area contributed by atoms with Crippen LogP contribution in [0.4, 0.5) is 16.2 Å². The van der Waals surface area contributed by atoms with Crippen molar-refractivity contribution in [2.45, 2.75) is 0 Å². The Morgan fingerprint density at radius 3 is 2.32 bits per heavy atom. The highest BCUT2D eigenvalue weighted by Gasteiger charge is 2.36. The molecule has 2 N–H and O–H groups in total. The number of nitrogens with one attached hydrogen (secondary N) is 2. The molecule has 1 saturated heterocycles. The Bertz CT molecular complexity index is 1390. The van der Waals surface area contributed by atoms with Crippen LogP contribution in [-0.4, -0.2) is 44.6 Å². The van der Waals surface area contributed by atoms with Crippen molar-refractivity contribution in [1.82, 2.24) is 5.32 Å². The molecule has 1 fully saturated rings. The van der Waals surface area contributed by atoms with E-state index in [2.05, 4.69) is 10.6 Å². The van der Waals surface area contributed by atoms with Gasteiger partial charge in [-0.25, -0.2) is 9.69 Å². The summed E-state index contributed by atoms with van der Waals surface area (Å²) >= 11 is 0. The van der Waals surface area contributed by atoms with Crippen LogP contribution in [0.5, 0.6) is 17.2 Å². The summed E-state index contributed by atoms with van der Waals surface area (Å²) in [6.45, 7) is -0.302. The minimum atomic E-state index is -0.828. The molecule has 0 atom stereocenters. The van der Waals surface area contributed by atoms with E-state index >= 15 is 0 Å². The SMILES string of the molecule is COc1ccccc1NC(=O)COc1ccc(/C=C2/C(=O)NC(=O)N(c3ccccc3)C2=O)cc1OC.